The van der Waals surface area contributed by atoms with Gasteiger partial charge in [-0.1, -0.05) is 0 Å². The quantitative estimate of drug-likeness (QED) is 0.641. The van der Waals surface area contributed by atoms with Crippen LogP contribution in [0.1, 0.15) is 5.82 Å². The summed E-state index contributed by atoms with van der Waals surface area (Å²) < 4.78 is 14.8. The monoisotopic (exact) mass is 228 g/mol. The summed E-state index contributed by atoms with van der Waals surface area (Å²) in [6.45, 7) is 1.87. The van der Waals surface area contributed by atoms with E-state index in [-0.39, 0.29) is 5.82 Å². The Morgan fingerprint density at radius 1 is 1.06 bits per heavy atom. The smallest absolute Gasteiger partial charge is 0.179 e. The zero-order valence-corrected chi connectivity index (χ0v) is 9.13. The van der Waals surface area contributed by atoms with E-state index in [1.807, 2.05) is 11.3 Å². The van der Waals surface area contributed by atoms with Crippen molar-refractivity contribution in [3.63, 3.8) is 0 Å². The van der Waals surface area contributed by atoms with Gasteiger partial charge >= 0.3 is 0 Å². The molecule has 2 heterocycles. The van der Waals surface area contributed by atoms with E-state index in [0.717, 1.165) is 17.1 Å². The highest BCUT2D eigenvalue weighted by molar-refractivity contribution is 5.62. The summed E-state index contributed by atoms with van der Waals surface area (Å²) in [7, 11) is 0. The molecule has 0 N–H and O–H groups in total. The zero-order valence-electron chi connectivity index (χ0n) is 9.13. The fraction of sp³-hybridized carbons (Fsp3) is 0.0833. The Morgan fingerprint density at radius 2 is 1.82 bits per heavy atom. The number of aryl methyl sites for hydroxylation is 1. The minimum atomic E-state index is -0.255. The highest BCUT2D eigenvalue weighted by atomic mass is 19.1. The molecule has 1 aromatic carbocycles. The Kier molecular flexibility index (Phi) is 2.11. The van der Waals surface area contributed by atoms with Gasteiger partial charge in [0.05, 0.1) is 18.1 Å². The summed E-state index contributed by atoms with van der Waals surface area (Å²) in [5, 5.41) is 8.00. The third kappa shape index (κ3) is 1.56. The minimum Gasteiger partial charge on any atom is -0.276 e. The van der Waals surface area contributed by atoms with Gasteiger partial charge in [-0.15, -0.1) is 10.2 Å². The molecule has 4 nitrogen and oxygen atoms in total. The molecule has 0 radical (unpaired) electrons. The molecule has 0 aliphatic rings. The second kappa shape index (κ2) is 3.62. The molecule has 0 fully saturated rings. The number of benzene rings is 1. The first-order chi connectivity index (χ1) is 8.25. The Labute approximate surface area is 96.8 Å². The van der Waals surface area contributed by atoms with Crippen molar-refractivity contribution in [1.82, 2.24) is 19.6 Å². The number of nitrogens with zero attached hydrogens (tertiary/aromatic N) is 4. The van der Waals surface area contributed by atoms with Crippen LogP contribution in [0.2, 0.25) is 0 Å². The van der Waals surface area contributed by atoms with Crippen LogP contribution in [0.5, 0.6) is 0 Å². The molecular formula is C12H9FN4. The molecule has 3 rings (SSSR count). The number of rotatable bonds is 1. The SMILES string of the molecule is Cc1nnc2cncc(-c3ccc(F)cc3)n12. The van der Waals surface area contributed by atoms with Gasteiger partial charge in [0.1, 0.15) is 11.6 Å². The van der Waals surface area contributed by atoms with Crippen LogP contribution < -0.4 is 0 Å². The van der Waals surface area contributed by atoms with Crippen LogP contribution in [0, 0.1) is 12.7 Å². The summed E-state index contributed by atoms with van der Waals surface area (Å²) in [5.74, 6) is 0.524. The van der Waals surface area contributed by atoms with Crippen molar-refractivity contribution >= 4 is 5.65 Å². The van der Waals surface area contributed by atoms with Crippen LogP contribution in [0.4, 0.5) is 4.39 Å². The molecule has 2 aromatic heterocycles. The van der Waals surface area contributed by atoms with E-state index in [1.54, 1.807) is 24.5 Å². The molecule has 0 saturated carbocycles. The van der Waals surface area contributed by atoms with Gasteiger partial charge in [-0.05, 0) is 31.2 Å². The predicted molar refractivity (Wildman–Crippen MR) is 60.9 cm³/mol. The second-order valence-corrected chi connectivity index (χ2v) is 3.74. The third-order valence-electron chi connectivity index (χ3n) is 2.62. The Hall–Kier alpha value is -2.30. The third-order valence-corrected chi connectivity index (χ3v) is 2.62. The molecule has 17 heavy (non-hydrogen) atoms. The number of aromatic nitrogens is 4. The second-order valence-electron chi connectivity index (χ2n) is 3.74. The lowest BCUT2D eigenvalue weighted by Gasteiger charge is -2.05. The summed E-state index contributed by atoms with van der Waals surface area (Å²) in [6.07, 6.45) is 3.36. The van der Waals surface area contributed by atoms with Gasteiger partial charge in [0.15, 0.2) is 5.65 Å². The van der Waals surface area contributed by atoms with Crippen molar-refractivity contribution in [2.45, 2.75) is 6.92 Å². The average molecular weight is 228 g/mol. The Morgan fingerprint density at radius 3 is 2.59 bits per heavy atom. The van der Waals surface area contributed by atoms with Gasteiger partial charge in [0.25, 0.3) is 0 Å². The molecule has 3 aromatic rings. The van der Waals surface area contributed by atoms with Crippen LogP contribution in [0.25, 0.3) is 16.9 Å². The Balaban J connectivity index is 2.29. The molecule has 0 aliphatic carbocycles. The van der Waals surface area contributed by atoms with Crippen LogP contribution in [0.15, 0.2) is 36.7 Å². The van der Waals surface area contributed by atoms with E-state index in [4.69, 9.17) is 0 Å². The first-order valence-corrected chi connectivity index (χ1v) is 5.17. The fourth-order valence-corrected chi connectivity index (χ4v) is 1.82. The van der Waals surface area contributed by atoms with Crippen LogP contribution in [0.3, 0.4) is 0 Å². The number of hydrogen-bond acceptors (Lipinski definition) is 3. The molecule has 0 spiro atoms. The van der Waals surface area contributed by atoms with E-state index in [1.165, 1.54) is 12.1 Å². The molecule has 0 bridgehead atoms. The van der Waals surface area contributed by atoms with Gasteiger partial charge < -0.3 is 0 Å². The number of fused-ring (bicyclic) bond motifs is 1. The molecule has 0 amide bonds. The van der Waals surface area contributed by atoms with Crippen molar-refractivity contribution in [3.05, 3.63) is 48.3 Å². The van der Waals surface area contributed by atoms with Crippen molar-refractivity contribution in [2.75, 3.05) is 0 Å². The van der Waals surface area contributed by atoms with Gasteiger partial charge in [-0.25, -0.2) is 4.39 Å². The fourth-order valence-electron chi connectivity index (χ4n) is 1.82. The topological polar surface area (TPSA) is 43.1 Å². The van der Waals surface area contributed by atoms with Crippen LogP contribution >= 0.6 is 0 Å². The van der Waals surface area contributed by atoms with Gasteiger partial charge in [0.2, 0.25) is 0 Å². The molecule has 0 aliphatic heterocycles. The highest BCUT2D eigenvalue weighted by Gasteiger charge is 2.08. The summed E-state index contributed by atoms with van der Waals surface area (Å²) in [5.41, 5.74) is 2.42. The van der Waals surface area contributed by atoms with E-state index in [9.17, 15) is 4.39 Å². The molecule has 0 saturated heterocycles. The van der Waals surface area contributed by atoms with Gasteiger partial charge in [-0.3, -0.25) is 9.38 Å². The van der Waals surface area contributed by atoms with Gasteiger partial charge in [0, 0.05) is 5.56 Å². The summed E-state index contributed by atoms with van der Waals surface area (Å²) >= 11 is 0. The highest BCUT2D eigenvalue weighted by Crippen LogP contribution is 2.20. The van der Waals surface area contributed by atoms with Crippen LogP contribution in [-0.4, -0.2) is 19.6 Å². The first kappa shape index (κ1) is 9.89. The standard InChI is InChI=1S/C12H9FN4/c1-8-15-16-12-7-14-6-11(17(8)12)9-2-4-10(13)5-3-9/h2-7H,1H3. The maximum atomic E-state index is 12.9. The van der Waals surface area contributed by atoms with Gasteiger partial charge in [-0.2, -0.15) is 0 Å². The normalized spacial score (nSPS) is 10.9. The molecule has 84 valence electrons. The van der Waals surface area contributed by atoms with E-state index >= 15 is 0 Å². The maximum absolute atomic E-state index is 12.9. The zero-order chi connectivity index (χ0) is 11.8. The van der Waals surface area contributed by atoms with E-state index in [0.29, 0.717) is 5.65 Å². The van der Waals surface area contributed by atoms with Crippen LogP contribution in [-0.2, 0) is 0 Å². The largest absolute Gasteiger partial charge is 0.276 e. The molecule has 0 atom stereocenters. The maximum Gasteiger partial charge on any atom is 0.179 e. The number of halogens is 1. The molecule has 5 heteroatoms. The van der Waals surface area contributed by atoms with E-state index in [2.05, 4.69) is 15.2 Å². The van der Waals surface area contributed by atoms with Crippen molar-refractivity contribution in [2.24, 2.45) is 0 Å². The van der Waals surface area contributed by atoms with Crippen molar-refractivity contribution in [3.8, 4) is 11.3 Å². The summed E-state index contributed by atoms with van der Waals surface area (Å²) in [6, 6.07) is 6.28. The lowest BCUT2D eigenvalue weighted by atomic mass is 10.1. The average Bonchev–Trinajstić information content (AvgIpc) is 2.73. The molecular weight excluding hydrogens is 219 g/mol. The van der Waals surface area contributed by atoms with E-state index < -0.39 is 0 Å². The Bertz CT molecular complexity index is 673. The molecule has 0 unspecified atom stereocenters. The predicted octanol–water partition coefficient (Wildman–Crippen LogP) is 2.24. The van der Waals surface area contributed by atoms with Crippen molar-refractivity contribution in [1.29, 1.82) is 0 Å². The lowest BCUT2D eigenvalue weighted by Crippen LogP contribution is -1.95. The minimum absolute atomic E-state index is 0.255. The lowest BCUT2D eigenvalue weighted by molar-refractivity contribution is 0.628. The summed E-state index contributed by atoms with van der Waals surface area (Å²) in [4.78, 5) is 4.11. The first-order valence-electron chi connectivity index (χ1n) is 5.17. The number of hydrogen-bond donors (Lipinski definition) is 0. The van der Waals surface area contributed by atoms with Crippen molar-refractivity contribution < 1.29 is 4.39 Å².